The van der Waals surface area contributed by atoms with Crippen LogP contribution in [0, 0.1) is 0 Å². The fourth-order valence-electron chi connectivity index (χ4n) is 2.30. The number of ketones is 1. The predicted molar refractivity (Wildman–Crippen MR) is 98.2 cm³/mol. The Morgan fingerprint density at radius 3 is 2.17 bits per heavy atom. The van der Waals surface area contributed by atoms with Crippen LogP contribution in [0.1, 0.15) is 10.4 Å². The van der Waals surface area contributed by atoms with E-state index >= 15 is 0 Å². The van der Waals surface area contributed by atoms with E-state index in [9.17, 15) is 4.79 Å². The second kappa shape index (κ2) is 7.52. The molecule has 0 spiro atoms. The molecule has 0 unspecified atom stereocenters. The van der Waals surface area contributed by atoms with Crippen LogP contribution in [-0.4, -0.2) is 12.4 Å². The van der Waals surface area contributed by atoms with Crippen LogP contribution in [0.5, 0.6) is 5.75 Å². The van der Waals surface area contributed by atoms with Crippen molar-refractivity contribution in [1.29, 1.82) is 0 Å². The molecule has 0 aliphatic rings. The molecule has 0 aliphatic heterocycles. The van der Waals surface area contributed by atoms with Crippen LogP contribution in [0.4, 0.5) is 0 Å². The molecule has 0 aliphatic carbocycles. The zero-order chi connectivity index (χ0) is 16.9. The van der Waals surface area contributed by atoms with Crippen molar-refractivity contribution in [2.24, 2.45) is 0 Å². The van der Waals surface area contributed by atoms with Crippen LogP contribution in [0.15, 0.2) is 72.8 Å². The zero-order valence-electron chi connectivity index (χ0n) is 12.7. The van der Waals surface area contributed by atoms with Gasteiger partial charge in [-0.05, 0) is 29.3 Å². The van der Waals surface area contributed by atoms with E-state index < -0.39 is 0 Å². The average molecular weight is 357 g/mol. The fourth-order valence-corrected chi connectivity index (χ4v) is 2.76. The average Bonchev–Trinajstić information content (AvgIpc) is 2.62. The molecule has 0 atom stereocenters. The summed E-state index contributed by atoms with van der Waals surface area (Å²) in [5.41, 5.74) is 2.77. The first-order chi connectivity index (χ1) is 11.6. The Balaban J connectivity index is 1.67. The van der Waals surface area contributed by atoms with Gasteiger partial charge in [0.05, 0.1) is 5.02 Å². The molecule has 2 nitrogen and oxygen atoms in total. The minimum atomic E-state index is -0.111. The Morgan fingerprint density at radius 1 is 0.833 bits per heavy atom. The summed E-state index contributed by atoms with van der Waals surface area (Å²) in [5.74, 6) is 0.330. The third-order valence-electron chi connectivity index (χ3n) is 3.57. The van der Waals surface area contributed by atoms with Crippen molar-refractivity contribution in [3.8, 4) is 16.9 Å². The van der Waals surface area contributed by atoms with Crippen LogP contribution < -0.4 is 4.74 Å². The normalized spacial score (nSPS) is 10.4. The number of Topliss-reactive ketones (excluding diaryl/α,β-unsaturated/α-hetero) is 1. The van der Waals surface area contributed by atoms with E-state index in [2.05, 4.69) is 0 Å². The molecule has 24 heavy (non-hydrogen) atoms. The Labute approximate surface area is 150 Å². The van der Waals surface area contributed by atoms with E-state index in [0.29, 0.717) is 21.4 Å². The molecule has 0 saturated heterocycles. The molecule has 0 N–H and O–H groups in total. The van der Waals surface area contributed by atoms with Gasteiger partial charge in [-0.15, -0.1) is 0 Å². The number of ether oxygens (including phenoxy) is 1. The Morgan fingerprint density at radius 2 is 1.50 bits per heavy atom. The first-order valence-electron chi connectivity index (χ1n) is 7.40. The summed E-state index contributed by atoms with van der Waals surface area (Å²) >= 11 is 11.9. The van der Waals surface area contributed by atoms with Crippen molar-refractivity contribution >= 4 is 29.0 Å². The van der Waals surface area contributed by atoms with Gasteiger partial charge in [0.25, 0.3) is 0 Å². The first-order valence-corrected chi connectivity index (χ1v) is 8.15. The standard InChI is InChI=1S/C20H14Cl2O2/c21-17-10-11-20(18(22)12-17)24-13-19(23)16-8-6-15(7-9-16)14-4-2-1-3-5-14/h1-12H,13H2. The first kappa shape index (κ1) is 16.6. The number of benzene rings is 3. The highest BCUT2D eigenvalue weighted by molar-refractivity contribution is 6.35. The molecule has 3 aromatic carbocycles. The highest BCUT2D eigenvalue weighted by Crippen LogP contribution is 2.27. The van der Waals surface area contributed by atoms with E-state index in [1.807, 2.05) is 42.5 Å². The molecule has 0 fully saturated rings. The molecule has 0 radical (unpaired) electrons. The molecule has 0 aromatic heterocycles. The van der Waals surface area contributed by atoms with Crippen molar-refractivity contribution in [2.45, 2.75) is 0 Å². The molecule has 0 heterocycles. The van der Waals surface area contributed by atoms with E-state index in [0.717, 1.165) is 11.1 Å². The summed E-state index contributed by atoms with van der Waals surface area (Å²) < 4.78 is 5.48. The smallest absolute Gasteiger partial charge is 0.200 e. The second-order valence-electron chi connectivity index (χ2n) is 5.23. The maximum Gasteiger partial charge on any atom is 0.200 e. The molecule has 0 amide bonds. The van der Waals surface area contributed by atoms with Gasteiger partial charge in [-0.1, -0.05) is 77.8 Å². The van der Waals surface area contributed by atoms with Gasteiger partial charge < -0.3 is 4.74 Å². The van der Waals surface area contributed by atoms with E-state index in [-0.39, 0.29) is 12.4 Å². The van der Waals surface area contributed by atoms with Gasteiger partial charge in [0.15, 0.2) is 12.4 Å². The minimum absolute atomic E-state index is 0.0773. The van der Waals surface area contributed by atoms with Crippen LogP contribution in [0.3, 0.4) is 0 Å². The number of hydrogen-bond acceptors (Lipinski definition) is 2. The highest BCUT2D eigenvalue weighted by Gasteiger charge is 2.09. The van der Waals surface area contributed by atoms with Gasteiger partial charge in [-0.3, -0.25) is 4.79 Å². The maximum atomic E-state index is 12.2. The van der Waals surface area contributed by atoms with Crippen LogP contribution >= 0.6 is 23.2 Å². The molecular formula is C20H14Cl2O2. The number of halogens is 2. The minimum Gasteiger partial charge on any atom is -0.484 e. The Hall–Kier alpha value is -2.29. The van der Waals surface area contributed by atoms with E-state index in [1.54, 1.807) is 30.3 Å². The van der Waals surface area contributed by atoms with Gasteiger partial charge in [0.2, 0.25) is 0 Å². The largest absolute Gasteiger partial charge is 0.484 e. The van der Waals surface area contributed by atoms with Crippen molar-refractivity contribution in [3.63, 3.8) is 0 Å². The summed E-state index contributed by atoms with van der Waals surface area (Å²) in [7, 11) is 0. The van der Waals surface area contributed by atoms with E-state index in [4.69, 9.17) is 27.9 Å². The topological polar surface area (TPSA) is 26.3 Å². The molecule has 3 aromatic rings. The van der Waals surface area contributed by atoms with Crippen molar-refractivity contribution in [1.82, 2.24) is 0 Å². The summed E-state index contributed by atoms with van der Waals surface area (Å²) in [5, 5.41) is 0.907. The number of carbonyl (C=O) groups is 1. The molecule has 3 rings (SSSR count). The van der Waals surface area contributed by atoms with Crippen molar-refractivity contribution < 1.29 is 9.53 Å². The van der Waals surface area contributed by atoms with Gasteiger partial charge in [-0.2, -0.15) is 0 Å². The Bertz CT molecular complexity index is 843. The lowest BCUT2D eigenvalue weighted by molar-refractivity contribution is 0.0921. The lowest BCUT2D eigenvalue weighted by Crippen LogP contribution is -2.11. The van der Waals surface area contributed by atoms with Crippen molar-refractivity contribution in [3.05, 3.63) is 88.4 Å². The van der Waals surface area contributed by atoms with Crippen molar-refractivity contribution in [2.75, 3.05) is 6.61 Å². The van der Waals surface area contributed by atoms with Gasteiger partial charge in [0, 0.05) is 10.6 Å². The number of hydrogen-bond donors (Lipinski definition) is 0. The monoisotopic (exact) mass is 356 g/mol. The summed E-state index contributed by atoms with van der Waals surface area (Å²) in [6.07, 6.45) is 0. The predicted octanol–water partition coefficient (Wildman–Crippen LogP) is 5.92. The second-order valence-corrected chi connectivity index (χ2v) is 6.07. The SMILES string of the molecule is O=C(COc1ccc(Cl)cc1Cl)c1ccc(-c2ccccc2)cc1. The van der Waals surface area contributed by atoms with Crippen LogP contribution in [0.25, 0.3) is 11.1 Å². The lowest BCUT2D eigenvalue weighted by atomic mass is 10.0. The molecule has 0 bridgehead atoms. The molecular weight excluding hydrogens is 343 g/mol. The molecule has 4 heteroatoms. The summed E-state index contributed by atoms with van der Waals surface area (Å²) in [6.45, 7) is -0.0773. The highest BCUT2D eigenvalue weighted by atomic mass is 35.5. The van der Waals surface area contributed by atoms with Gasteiger partial charge in [-0.25, -0.2) is 0 Å². The fraction of sp³-hybridized carbons (Fsp3) is 0.0500. The van der Waals surface area contributed by atoms with Gasteiger partial charge >= 0.3 is 0 Å². The summed E-state index contributed by atoms with van der Waals surface area (Å²) in [4.78, 5) is 12.2. The maximum absolute atomic E-state index is 12.2. The number of carbonyl (C=O) groups excluding carboxylic acids is 1. The zero-order valence-corrected chi connectivity index (χ0v) is 14.2. The molecule has 120 valence electrons. The summed E-state index contributed by atoms with van der Waals surface area (Å²) in [6, 6.07) is 22.4. The molecule has 0 saturated carbocycles. The third-order valence-corrected chi connectivity index (χ3v) is 4.10. The number of rotatable bonds is 5. The van der Waals surface area contributed by atoms with Gasteiger partial charge in [0.1, 0.15) is 5.75 Å². The quantitative estimate of drug-likeness (QED) is 0.530. The lowest BCUT2D eigenvalue weighted by Gasteiger charge is -2.08. The van der Waals surface area contributed by atoms with E-state index in [1.165, 1.54) is 0 Å². The van der Waals surface area contributed by atoms with Crippen LogP contribution in [-0.2, 0) is 0 Å². The van der Waals surface area contributed by atoms with Crippen LogP contribution in [0.2, 0.25) is 10.0 Å². The Kier molecular flexibility index (Phi) is 5.19. The third kappa shape index (κ3) is 3.97.